The first-order valence-electron chi connectivity index (χ1n) is 8.44. The van der Waals surface area contributed by atoms with Gasteiger partial charge >= 0.3 is 5.97 Å². The molecule has 136 valence electrons. The van der Waals surface area contributed by atoms with Crippen LogP contribution in [0.15, 0.2) is 47.1 Å². The monoisotopic (exact) mass is 356 g/mol. The summed E-state index contributed by atoms with van der Waals surface area (Å²) in [5.41, 5.74) is 0.881. The van der Waals surface area contributed by atoms with Gasteiger partial charge in [0.15, 0.2) is 5.76 Å². The third-order valence-corrected chi connectivity index (χ3v) is 4.25. The second-order valence-corrected chi connectivity index (χ2v) is 6.44. The number of carbonyl (C=O) groups excluding carboxylic acids is 2. The van der Waals surface area contributed by atoms with Gasteiger partial charge in [-0.25, -0.2) is 0 Å². The Balaban J connectivity index is 1.74. The number of nitrogens with zero attached hydrogens (tertiary/aromatic N) is 1. The van der Waals surface area contributed by atoms with Crippen LogP contribution in [0.4, 0.5) is 5.69 Å². The molecule has 2 aromatic rings. The number of benzene rings is 1. The van der Waals surface area contributed by atoms with E-state index in [9.17, 15) is 14.4 Å². The molecular weight excluding hydrogens is 336 g/mol. The molecule has 1 aliphatic carbocycles. The van der Waals surface area contributed by atoms with Gasteiger partial charge in [-0.05, 0) is 43.2 Å². The fraction of sp³-hybridized carbons (Fsp3) is 0.316. The van der Waals surface area contributed by atoms with E-state index in [2.05, 4.69) is 5.32 Å². The molecule has 1 aromatic carbocycles. The Hall–Kier alpha value is -3.09. The van der Waals surface area contributed by atoms with Crippen LogP contribution in [-0.2, 0) is 4.79 Å². The Morgan fingerprint density at radius 2 is 2.04 bits per heavy atom. The number of amides is 2. The maximum atomic E-state index is 12.9. The van der Waals surface area contributed by atoms with Crippen molar-refractivity contribution >= 4 is 23.5 Å². The lowest BCUT2D eigenvalue weighted by atomic mass is 10.1. The van der Waals surface area contributed by atoms with Crippen LogP contribution < -0.4 is 5.32 Å². The van der Waals surface area contributed by atoms with Crippen LogP contribution in [0.3, 0.4) is 0 Å². The topological polar surface area (TPSA) is 99.9 Å². The Morgan fingerprint density at radius 3 is 2.65 bits per heavy atom. The van der Waals surface area contributed by atoms with Gasteiger partial charge in [0.25, 0.3) is 11.8 Å². The van der Waals surface area contributed by atoms with Gasteiger partial charge < -0.3 is 19.7 Å². The Bertz CT molecular complexity index is 811. The van der Waals surface area contributed by atoms with E-state index < -0.39 is 17.8 Å². The number of carboxylic acid groups (broad SMARTS) is 1. The first-order chi connectivity index (χ1) is 12.5. The van der Waals surface area contributed by atoms with Crippen molar-refractivity contribution in [3.05, 3.63) is 54.0 Å². The minimum Gasteiger partial charge on any atom is -0.481 e. The largest absolute Gasteiger partial charge is 0.481 e. The number of anilines is 1. The highest BCUT2D eigenvalue weighted by molar-refractivity contribution is 6.03. The van der Waals surface area contributed by atoms with Crippen LogP contribution in [0.2, 0.25) is 0 Å². The van der Waals surface area contributed by atoms with Gasteiger partial charge in [0, 0.05) is 23.8 Å². The molecule has 0 spiro atoms. The highest BCUT2D eigenvalue weighted by Crippen LogP contribution is 2.29. The van der Waals surface area contributed by atoms with E-state index in [1.165, 1.54) is 6.26 Å². The van der Waals surface area contributed by atoms with Gasteiger partial charge in [-0.2, -0.15) is 0 Å². The van der Waals surface area contributed by atoms with Crippen LogP contribution in [-0.4, -0.2) is 40.4 Å². The molecule has 1 aliphatic rings. The summed E-state index contributed by atoms with van der Waals surface area (Å²) >= 11 is 0. The number of furan rings is 1. The molecule has 1 aromatic heterocycles. The first kappa shape index (κ1) is 17.7. The van der Waals surface area contributed by atoms with Gasteiger partial charge in [0.05, 0.1) is 12.2 Å². The zero-order chi connectivity index (χ0) is 18.7. The molecular formula is C19H20N2O5. The number of rotatable bonds is 7. The Morgan fingerprint density at radius 1 is 1.27 bits per heavy atom. The summed E-state index contributed by atoms with van der Waals surface area (Å²) in [6, 6.07) is 9.86. The minimum absolute atomic E-state index is 0.0886. The van der Waals surface area contributed by atoms with Crippen molar-refractivity contribution in [3.63, 3.8) is 0 Å². The fourth-order valence-corrected chi connectivity index (χ4v) is 2.65. The van der Waals surface area contributed by atoms with Crippen molar-refractivity contribution in [2.24, 2.45) is 5.92 Å². The van der Waals surface area contributed by atoms with Gasteiger partial charge in [0.1, 0.15) is 0 Å². The molecule has 0 bridgehead atoms. The summed E-state index contributed by atoms with van der Waals surface area (Å²) in [6.07, 6.45) is 3.17. The molecule has 1 unspecified atom stereocenters. The van der Waals surface area contributed by atoms with Crippen LogP contribution in [0.5, 0.6) is 0 Å². The van der Waals surface area contributed by atoms with Gasteiger partial charge in [-0.15, -0.1) is 0 Å². The summed E-state index contributed by atoms with van der Waals surface area (Å²) in [5.74, 6) is -2.02. The third-order valence-electron chi connectivity index (χ3n) is 4.25. The Labute approximate surface area is 150 Å². The van der Waals surface area contributed by atoms with Gasteiger partial charge in [-0.3, -0.25) is 14.4 Å². The molecule has 1 fully saturated rings. The van der Waals surface area contributed by atoms with Gasteiger partial charge in [0.2, 0.25) is 0 Å². The van der Waals surface area contributed by atoms with E-state index in [0.29, 0.717) is 11.3 Å². The zero-order valence-corrected chi connectivity index (χ0v) is 14.3. The number of carboxylic acids is 1. The third kappa shape index (κ3) is 4.11. The molecule has 3 rings (SSSR count). The molecule has 2 N–H and O–H groups in total. The predicted molar refractivity (Wildman–Crippen MR) is 94.0 cm³/mol. The molecule has 0 radical (unpaired) electrons. The Kier molecular flexibility index (Phi) is 5.06. The molecule has 26 heavy (non-hydrogen) atoms. The molecule has 7 heteroatoms. The number of hydrogen-bond acceptors (Lipinski definition) is 4. The van der Waals surface area contributed by atoms with Crippen molar-refractivity contribution in [1.29, 1.82) is 0 Å². The van der Waals surface area contributed by atoms with Gasteiger partial charge in [-0.1, -0.05) is 13.0 Å². The van der Waals surface area contributed by atoms with E-state index in [0.717, 1.165) is 12.8 Å². The van der Waals surface area contributed by atoms with E-state index in [4.69, 9.17) is 9.52 Å². The highest BCUT2D eigenvalue weighted by atomic mass is 16.4. The number of aliphatic carboxylic acids is 1. The second kappa shape index (κ2) is 7.43. The van der Waals surface area contributed by atoms with Crippen molar-refractivity contribution in [1.82, 2.24) is 4.90 Å². The standard InChI is InChI=1S/C19H20N2O5/c1-12(19(24)25)11-21(15-7-8-15)18(23)13-4-2-5-14(10-13)20-17(22)16-6-3-9-26-16/h2-6,9-10,12,15H,7-8,11H2,1H3,(H,20,22)(H,24,25). The quantitative estimate of drug-likeness (QED) is 0.794. The second-order valence-electron chi connectivity index (χ2n) is 6.44. The molecule has 1 heterocycles. The molecule has 1 saturated carbocycles. The SMILES string of the molecule is CC(CN(C(=O)c1cccc(NC(=O)c2ccco2)c1)C1CC1)C(=O)O. The molecule has 0 saturated heterocycles. The average Bonchev–Trinajstić information content (AvgIpc) is 3.31. The van der Waals surface area contributed by atoms with Crippen LogP contribution in [0, 0.1) is 5.92 Å². The van der Waals surface area contributed by atoms with Crippen LogP contribution >= 0.6 is 0 Å². The van der Waals surface area contributed by atoms with E-state index in [-0.39, 0.29) is 24.3 Å². The van der Waals surface area contributed by atoms with Crippen molar-refractivity contribution in [2.75, 3.05) is 11.9 Å². The minimum atomic E-state index is -0.928. The van der Waals surface area contributed by atoms with E-state index in [1.54, 1.807) is 48.2 Å². The van der Waals surface area contributed by atoms with E-state index in [1.807, 2.05) is 0 Å². The zero-order valence-electron chi connectivity index (χ0n) is 14.3. The summed E-state index contributed by atoms with van der Waals surface area (Å²) in [5, 5.41) is 11.8. The average molecular weight is 356 g/mol. The number of carbonyl (C=O) groups is 3. The van der Waals surface area contributed by atoms with Crippen LogP contribution in [0.25, 0.3) is 0 Å². The normalized spacial score (nSPS) is 14.5. The number of hydrogen-bond donors (Lipinski definition) is 2. The molecule has 0 aliphatic heterocycles. The summed E-state index contributed by atoms with van der Waals surface area (Å²) < 4.78 is 5.05. The highest BCUT2D eigenvalue weighted by Gasteiger charge is 2.35. The molecule has 1 atom stereocenters. The number of nitrogens with one attached hydrogen (secondary N) is 1. The molecule has 7 nitrogen and oxygen atoms in total. The maximum absolute atomic E-state index is 12.9. The lowest BCUT2D eigenvalue weighted by molar-refractivity contribution is -0.141. The van der Waals surface area contributed by atoms with Crippen molar-refractivity contribution in [3.8, 4) is 0 Å². The predicted octanol–water partition coefficient (Wildman–Crippen LogP) is 2.86. The molecule has 2 amide bonds. The lowest BCUT2D eigenvalue weighted by Crippen LogP contribution is -2.38. The van der Waals surface area contributed by atoms with Crippen LogP contribution in [0.1, 0.15) is 40.7 Å². The lowest BCUT2D eigenvalue weighted by Gasteiger charge is -2.24. The summed E-state index contributed by atoms with van der Waals surface area (Å²) in [4.78, 5) is 37.7. The maximum Gasteiger partial charge on any atom is 0.308 e. The van der Waals surface area contributed by atoms with E-state index >= 15 is 0 Å². The van der Waals surface area contributed by atoms with Crippen molar-refractivity contribution < 1.29 is 23.9 Å². The summed E-state index contributed by atoms with van der Waals surface area (Å²) in [6.45, 7) is 1.76. The van der Waals surface area contributed by atoms with Crippen molar-refractivity contribution in [2.45, 2.75) is 25.8 Å². The summed E-state index contributed by atoms with van der Waals surface area (Å²) in [7, 11) is 0. The first-order valence-corrected chi connectivity index (χ1v) is 8.44. The smallest absolute Gasteiger partial charge is 0.308 e. The fourth-order valence-electron chi connectivity index (χ4n) is 2.65.